The third-order valence-electron chi connectivity index (χ3n) is 2.92. The average molecular weight is 310 g/mol. The summed E-state index contributed by atoms with van der Waals surface area (Å²) in [6.07, 6.45) is 0. The second kappa shape index (κ2) is 7.00. The zero-order valence-corrected chi connectivity index (χ0v) is 13.6. The lowest BCUT2D eigenvalue weighted by atomic mass is 10.1. The molecule has 0 aliphatic heterocycles. The lowest BCUT2D eigenvalue weighted by Gasteiger charge is -2.18. The van der Waals surface area contributed by atoms with Crippen LogP contribution in [-0.4, -0.2) is 6.61 Å². The number of para-hydroxylation sites is 2. The summed E-state index contributed by atoms with van der Waals surface area (Å²) in [4.78, 5) is 0. The summed E-state index contributed by atoms with van der Waals surface area (Å²) in [5.74, 6) is 1.41. The predicted molar refractivity (Wildman–Crippen MR) is 88.1 cm³/mol. The van der Waals surface area contributed by atoms with E-state index in [9.17, 15) is 0 Å². The molecule has 0 radical (unpaired) electrons. The lowest BCUT2D eigenvalue weighted by molar-refractivity contribution is 0.272. The van der Waals surface area contributed by atoms with E-state index in [1.54, 1.807) is 11.3 Å². The quantitative estimate of drug-likeness (QED) is 0.749. The summed E-state index contributed by atoms with van der Waals surface area (Å²) in [5, 5.41) is 5.57. The average Bonchev–Trinajstić information content (AvgIpc) is 2.84. The van der Waals surface area contributed by atoms with Gasteiger partial charge in [0.1, 0.15) is 5.75 Å². The molecule has 4 heteroatoms. The van der Waals surface area contributed by atoms with Crippen LogP contribution in [0.3, 0.4) is 0 Å². The molecule has 2 nitrogen and oxygen atoms in total. The molecule has 0 saturated carbocycles. The Kier molecular flexibility index (Phi) is 5.32. The van der Waals surface area contributed by atoms with E-state index >= 15 is 0 Å². The van der Waals surface area contributed by atoms with E-state index in [1.165, 1.54) is 5.56 Å². The first-order chi connectivity index (χ1) is 9.56. The van der Waals surface area contributed by atoms with Crippen LogP contribution >= 0.6 is 22.9 Å². The molecule has 1 unspecified atom stereocenters. The van der Waals surface area contributed by atoms with Gasteiger partial charge in [-0.3, -0.25) is 0 Å². The Morgan fingerprint density at radius 1 is 1.25 bits per heavy atom. The van der Waals surface area contributed by atoms with Crippen molar-refractivity contribution >= 4 is 28.6 Å². The normalized spacial score (nSPS) is 12.4. The van der Waals surface area contributed by atoms with Crippen molar-refractivity contribution in [1.29, 1.82) is 0 Å². The Bertz CT molecular complexity index is 553. The van der Waals surface area contributed by atoms with Gasteiger partial charge in [0.15, 0.2) is 0 Å². The van der Waals surface area contributed by atoms with Gasteiger partial charge in [0, 0.05) is 6.04 Å². The van der Waals surface area contributed by atoms with Crippen molar-refractivity contribution in [3.05, 3.63) is 45.6 Å². The molecule has 1 heterocycles. The number of hydrogen-bond acceptors (Lipinski definition) is 3. The molecular weight excluding hydrogens is 290 g/mol. The molecular formula is C16H20ClNOS. The number of hydrogen-bond donors (Lipinski definition) is 1. The maximum Gasteiger partial charge on any atom is 0.142 e. The number of rotatable bonds is 6. The Labute approximate surface area is 129 Å². The first-order valence-electron chi connectivity index (χ1n) is 6.78. The minimum absolute atomic E-state index is 0.197. The Balaban J connectivity index is 2.08. The van der Waals surface area contributed by atoms with Crippen LogP contribution in [0.25, 0.3) is 0 Å². The summed E-state index contributed by atoms with van der Waals surface area (Å²) in [7, 11) is 0. The van der Waals surface area contributed by atoms with E-state index in [0.717, 1.165) is 22.4 Å². The fourth-order valence-electron chi connectivity index (χ4n) is 1.84. The summed E-state index contributed by atoms with van der Waals surface area (Å²) >= 11 is 7.55. The van der Waals surface area contributed by atoms with Crippen LogP contribution in [0.1, 0.15) is 32.4 Å². The highest BCUT2D eigenvalue weighted by Crippen LogP contribution is 2.31. The van der Waals surface area contributed by atoms with E-state index in [-0.39, 0.29) is 6.04 Å². The van der Waals surface area contributed by atoms with Crippen molar-refractivity contribution in [3.63, 3.8) is 0 Å². The molecule has 20 heavy (non-hydrogen) atoms. The summed E-state index contributed by atoms with van der Waals surface area (Å²) < 4.78 is 6.67. The van der Waals surface area contributed by atoms with E-state index in [0.29, 0.717) is 5.92 Å². The standard InChI is InChI=1S/C16H20ClNOS/c1-11(2)9-19-15-7-5-4-6-14(15)18-12(3)13-8-16(17)20-10-13/h4-8,10-12,18H,9H2,1-3H3. The third-order valence-corrected chi connectivity index (χ3v) is 4.03. The van der Waals surface area contributed by atoms with Crippen molar-refractivity contribution in [1.82, 2.24) is 0 Å². The van der Waals surface area contributed by atoms with Gasteiger partial charge in [-0.1, -0.05) is 37.6 Å². The molecule has 0 bridgehead atoms. The largest absolute Gasteiger partial charge is 0.491 e. The highest BCUT2D eigenvalue weighted by molar-refractivity contribution is 7.14. The molecule has 0 spiro atoms. The van der Waals surface area contributed by atoms with Crippen molar-refractivity contribution < 1.29 is 4.74 Å². The minimum Gasteiger partial charge on any atom is -0.491 e. The Morgan fingerprint density at radius 3 is 2.65 bits per heavy atom. The van der Waals surface area contributed by atoms with Gasteiger partial charge in [0.2, 0.25) is 0 Å². The van der Waals surface area contributed by atoms with E-state index in [4.69, 9.17) is 16.3 Å². The maximum absolute atomic E-state index is 5.99. The van der Waals surface area contributed by atoms with Gasteiger partial charge in [-0.05, 0) is 42.0 Å². The number of nitrogens with one attached hydrogen (secondary N) is 1. The van der Waals surface area contributed by atoms with Crippen molar-refractivity contribution in [2.45, 2.75) is 26.8 Å². The molecule has 0 aliphatic rings. The van der Waals surface area contributed by atoms with Crippen LogP contribution in [-0.2, 0) is 0 Å². The van der Waals surface area contributed by atoms with Gasteiger partial charge in [0.05, 0.1) is 16.6 Å². The van der Waals surface area contributed by atoms with Crippen LogP contribution in [0, 0.1) is 5.92 Å². The van der Waals surface area contributed by atoms with Crippen molar-refractivity contribution in [2.75, 3.05) is 11.9 Å². The predicted octanol–water partition coefficient (Wildman–Crippen LogP) is 5.61. The van der Waals surface area contributed by atoms with Crippen LogP contribution in [0.2, 0.25) is 4.34 Å². The van der Waals surface area contributed by atoms with Gasteiger partial charge in [-0.2, -0.15) is 0 Å². The Hall–Kier alpha value is -1.19. The minimum atomic E-state index is 0.197. The smallest absolute Gasteiger partial charge is 0.142 e. The van der Waals surface area contributed by atoms with E-state index in [2.05, 4.69) is 31.5 Å². The molecule has 0 fully saturated rings. The zero-order valence-electron chi connectivity index (χ0n) is 12.0. The molecule has 2 rings (SSSR count). The third kappa shape index (κ3) is 4.15. The van der Waals surface area contributed by atoms with E-state index in [1.807, 2.05) is 30.3 Å². The second-order valence-corrected chi connectivity index (χ2v) is 6.79. The molecule has 0 amide bonds. The molecule has 1 N–H and O–H groups in total. The molecule has 2 aromatic rings. The van der Waals surface area contributed by atoms with Crippen molar-refractivity contribution in [3.8, 4) is 5.75 Å². The molecule has 1 aromatic heterocycles. The van der Waals surface area contributed by atoms with Crippen LogP contribution in [0.5, 0.6) is 5.75 Å². The van der Waals surface area contributed by atoms with Crippen LogP contribution in [0.4, 0.5) is 5.69 Å². The summed E-state index contributed by atoms with van der Waals surface area (Å²) in [5.41, 5.74) is 2.21. The Morgan fingerprint density at radius 2 is 2.00 bits per heavy atom. The SMILES string of the molecule is CC(C)COc1ccccc1NC(C)c1csc(Cl)c1. The first-order valence-corrected chi connectivity index (χ1v) is 8.04. The second-order valence-electron chi connectivity index (χ2n) is 5.25. The molecule has 108 valence electrons. The fourth-order valence-corrected chi connectivity index (χ4v) is 2.82. The monoisotopic (exact) mass is 309 g/mol. The fraction of sp³-hybridized carbons (Fsp3) is 0.375. The maximum atomic E-state index is 5.99. The van der Waals surface area contributed by atoms with Gasteiger partial charge in [-0.25, -0.2) is 0 Å². The molecule has 1 aromatic carbocycles. The summed E-state index contributed by atoms with van der Waals surface area (Å²) in [6, 6.07) is 10.2. The van der Waals surface area contributed by atoms with Gasteiger partial charge in [0.25, 0.3) is 0 Å². The van der Waals surface area contributed by atoms with Crippen LogP contribution in [0.15, 0.2) is 35.7 Å². The first kappa shape index (κ1) is 15.2. The van der Waals surface area contributed by atoms with E-state index < -0.39 is 0 Å². The number of ether oxygens (including phenoxy) is 1. The topological polar surface area (TPSA) is 21.3 Å². The zero-order chi connectivity index (χ0) is 14.5. The number of anilines is 1. The lowest BCUT2D eigenvalue weighted by Crippen LogP contribution is -2.09. The van der Waals surface area contributed by atoms with Gasteiger partial charge in [-0.15, -0.1) is 11.3 Å². The number of thiophene rings is 1. The van der Waals surface area contributed by atoms with Crippen LogP contribution < -0.4 is 10.1 Å². The van der Waals surface area contributed by atoms with Gasteiger partial charge >= 0.3 is 0 Å². The molecule has 0 saturated heterocycles. The van der Waals surface area contributed by atoms with Crippen molar-refractivity contribution in [2.24, 2.45) is 5.92 Å². The number of halogens is 1. The highest BCUT2D eigenvalue weighted by Gasteiger charge is 2.10. The molecule has 0 aliphatic carbocycles. The highest BCUT2D eigenvalue weighted by atomic mass is 35.5. The van der Waals surface area contributed by atoms with Gasteiger partial charge < -0.3 is 10.1 Å². The number of benzene rings is 1. The summed E-state index contributed by atoms with van der Waals surface area (Å²) in [6.45, 7) is 7.13. The molecule has 1 atom stereocenters.